The van der Waals surface area contributed by atoms with Crippen molar-refractivity contribution in [1.29, 1.82) is 0 Å². The molecule has 2 aromatic carbocycles. The van der Waals surface area contributed by atoms with Crippen LogP contribution in [0.15, 0.2) is 66.1 Å². The molecule has 1 amide bonds. The molecule has 5 heteroatoms. The molecule has 0 unspecified atom stereocenters. The van der Waals surface area contributed by atoms with E-state index in [0.29, 0.717) is 11.7 Å². The van der Waals surface area contributed by atoms with E-state index < -0.39 is 0 Å². The number of aromatic nitrogens is 1. The van der Waals surface area contributed by atoms with Crippen molar-refractivity contribution in [3.8, 4) is 17.0 Å². The summed E-state index contributed by atoms with van der Waals surface area (Å²) >= 11 is 1.40. The lowest BCUT2D eigenvalue weighted by atomic mass is 10.2. The predicted molar refractivity (Wildman–Crippen MR) is 103 cm³/mol. The third-order valence-corrected chi connectivity index (χ3v) is 4.19. The number of nitrogens with one attached hydrogen (secondary N) is 1. The molecule has 0 bridgehead atoms. The first-order valence-corrected chi connectivity index (χ1v) is 8.86. The molecule has 0 saturated heterocycles. The van der Waals surface area contributed by atoms with Gasteiger partial charge in [0.05, 0.1) is 12.3 Å². The quantitative estimate of drug-likeness (QED) is 0.646. The molecule has 0 fully saturated rings. The summed E-state index contributed by atoms with van der Waals surface area (Å²) in [6.45, 7) is 2.51. The average Bonchev–Trinajstić information content (AvgIpc) is 3.10. The van der Waals surface area contributed by atoms with Gasteiger partial charge in [-0.1, -0.05) is 48.5 Å². The van der Waals surface area contributed by atoms with E-state index in [1.54, 1.807) is 6.08 Å². The van der Waals surface area contributed by atoms with Crippen molar-refractivity contribution in [2.45, 2.75) is 6.92 Å². The summed E-state index contributed by atoms with van der Waals surface area (Å²) in [5, 5.41) is 5.30. The van der Waals surface area contributed by atoms with E-state index in [4.69, 9.17) is 4.74 Å². The second-order valence-electron chi connectivity index (χ2n) is 5.20. The van der Waals surface area contributed by atoms with Crippen molar-refractivity contribution in [1.82, 2.24) is 4.98 Å². The fraction of sp³-hybridized carbons (Fsp3) is 0.100. The van der Waals surface area contributed by atoms with E-state index in [0.717, 1.165) is 22.6 Å². The molecule has 1 N–H and O–H groups in total. The summed E-state index contributed by atoms with van der Waals surface area (Å²) in [6, 6.07) is 17.5. The summed E-state index contributed by atoms with van der Waals surface area (Å²) < 4.78 is 5.55. The molecule has 4 nitrogen and oxygen atoms in total. The number of hydrogen-bond donors (Lipinski definition) is 1. The Morgan fingerprint density at radius 3 is 2.72 bits per heavy atom. The lowest BCUT2D eigenvalue weighted by molar-refractivity contribution is -0.111. The van der Waals surface area contributed by atoms with Crippen molar-refractivity contribution in [3.63, 3.8) is 0 Å². The van der Waals surface area contributed by atoms with Crippen LogP contribution >= 0.6 is 11.3 Å². The topological polar surface area (TPSA) is 51.2 Å². The number of anilines is 1. The van der Waals surface area contributed by atoms with Gasteiger partial charge in [-0.2, -0.15) is 0 Å². The second kappa shape index (κ2) is 8.26. The molecule has 3 rings (SSSR count). The van der Waals surface area contributed by atoms with Crippen LogP contribution in [0.3, 0.4) is 0 Å². The lowest BCUT2D eigenvalue weighted by Gasteiger charge is -2.06. The van der Waals surface area contributed by atoms with Crippen LogP contribution in [0.2, 0.25) is 0 Å². The molecule has 0 aliphatic heterocycles. The van der Waals surface area contributed by atoms with Gasteiger partial charge in [0.2, 0.25) is 5.91 Å². The van der Waals surface area contributed by atoms with E-state index in [1.165, 1.54) is 17.4 Å². The molecule has 0 aliphatic carbocycles. The van der Waals surface area contributed by atoms with Crippen LogP contribution in [0, 0.1) is 0 Å². The number of thiazole rings is 1. The van der Waals surface area contributed by atoms with Crippen LogP contribution in [-0.4, -0.2) is 17.5 Å². The Kier molecular flexibility index (Phi) is 5.59. The third kappa shape index (κ3) is 4.55. The number of ether oxygens (including phenoxy) is 1. The van der Waals surface area contributed by atoms with Crippen molar-refractivity contribution in [3.05, 3.63) is 71.6 Å². The van der Waals surface area contributed by atoms with Gasteiger partial charge in [-0.3, -0.25) is 10.1 Å². The van der Waals surface area contributed by atoms with Crippen molar-refractivity contribution in [2.75, 3.05) is 11.9 Å². The van der Waals surface area contributed by atoms with Gasteiger partial charge in [0, 0.05) is 22.6 Å². The highest BCUT2D eigenvalue weighted by atomic mass is 32.1. The van der Waals surface area contributed by atoms with Crippen LogP contribution in [0.1, 0.15) is 12.5 Å². The van der Waals surface area contributed by atoms with E-state index in [2.05, 4.69) is 10.3 Å². The molecule has 126 valence electrons. The zero-order valence-electron chi connectivity index (χ0n) is 13.8. The number of para-hydroxylation sites is 1. The zero-order chi connectivity index (χ0) is 17.5. The molecule has 3 aromatic rings. The highest BCUT2D eigenvalue weighted by Gasteiger charge is 2.06. The highest BCUT2D eigenvalue weighted by molar-refractivity contribution is 7.14. The number of hydrogen-bond acceptors (Lipinski definition) is 4. The minimum Gasteiger partial charge on any atom is -0.493 e. The molecule has 1 aromatic heterocycles. The molecular weight excluding hydrogens is 332 g/mol. The first kappa shape index (κ1) is 16.9. The largest absolute Gasteiger partial charge is 0.493 e. The summed E-state index contributed by atoms with van der Waals surface area (Å²) in [6.07, 6.45) is 3.23. The average molecular weight is 350 g/mol. The normalized spacial score (nSPS) is 10.8. The van der Waals surface area contributed by atoms with Gasteiger partial charge in [-0.25, -0.2) is 4.98 Å². The molecule has 0 atom stereocenters. The molecule has 0 aliphatic rings. The van der Waals surface area contributed by atoms with E-state index >= 15 is 0 Å². The van der Waals surface area contributed by atoms with Crippen molar-refractivity contribution in [2.24, 2.45) is 0 Å². The number of carbonyl (C=O) groups excluding carboxylic acids is 1. The Morgan fingerprint density at radius 1 is 1.16 bits per heavy atom. The number of rotatable bonds is 6. The van der Waals surface area contributed by atoms with Gasteiger partial charge in [-0.05, 0) is 19.1 Å². The molecular formula is C20H18N2O2S. The minimum absolute atomic E-state index is 0.222. The SMILES string of the molecule is CCOc1ccccc1/C=C/C(=O)Nc1nc(-c2ccccc2)cs1. The summed E-state index contributed by atoms with van der Waals surface area (Å²) in [5.41, 5.74) is 2.75. The van der Waals surface area contributed by atoms with Gasteiger partial charge in [-0.15, -0.1) is 11.3 Å². The van der Waals surface area contributed by atoms with Crippen LogP contribution in [-0.2, 0) is 4.79 Å². The first-order chi connectivity index (χ1) is 12.3. The maximum atomic E-state index is 12.1. The van der Waals surface area contributed by atoms with Gasteiger partial charge in [0.15, 0.2) is 5.13 Å². The third-order valence-electron chi connectivity index (χ3n) is 3.44. The highest BCUT2D eigenvalue weighted by Crippen LogP contribution is 2.24. The van der Waals surface area contributed by atoms with Crippen LogP contribution in [0.4, 0.5) is 5.13 Å². The number of benzene rings is 2. The van der Waals surface area contributed by atoms with Gasteiger partial charge in [0.1, 0.15) is 5.75 Å². The molecule has 0 radical (unpaired) electrons. The maximum Gasteiger partial charge on any atom is 0.250 e. The first-order valence-electron chi connectivity index (χ1n) is 7.98. The molecule has 25 heavy (non-hydrogen) atoms. The van der Waals surface area contributed by atoms with Gasteiger partial charge < -0.3 is 4.74 Å². The molecule has 0 spiro atoms. The van der Waals surface area contributed by atoms with Crippen molar-refractivity contribution < 1.29 is 9.53 Å². The van der Waals surface area contributed by atoms with Crippen molar-refractivity contribution >= 4 is 28.5 Å². The summed E-state index contributed by atoms with van der Waals surface area (Å²) in [7, 11) is 0. The smallest absolute Gasteiger partial charge is 0.250 e. The number of nitrogens with zero attached hydrogens (tertiary/aromatic N) is 1. The van der Waals surface area contributed by atoms with E-state index in [1.807, 2.05) is 66.9 Å². The maximum absolute atomic E-state index is 12.1. The van der Waals surface area contributed by atoms with Crippen LogP contribution in [0.5, 0.6) is 5.75 Å². The number of amides is 1. The second-order valence-corrected chi connectivity index (χ2v) is 6.06. The Balaban J connectivity index is 1.66. The Bertz CT molecular complexity index is 872. The Morgan fingerprint density at radius 2 is 1.92 bits per heavy atom. The molecule has 0 saturated carbocycles. The minimum atomic E-state index is -0.222. The van der Waals surface area contributed by atoms with Gasteiger partial charge >= 0.3 is 0 Å². The fourth-order valence-electron chi connectivity index (χ4n) is 2.29. The molecule has 1 heterocycles. The standard InChI is InChI=1S/C20H18N2O2S/c1-2-24-18-11-7-6-10-16(18)12-13-19(23)22-20-21-17(14-25-20)15-8-4-3-5-9-15/h3-14H,2H2,1H3,(H,21,22,23)/b13-12+. The van der Waals surface area contributed by atoms with E-state index in [9.17, 15) is 4.79 Å². The monoisotopic (exact) mass is 350 g/mol. The van der Waals surface area contributed by atoms with Gasteiger partial charge in [0.25, 0.3) is 0 Å². The number of carbonyl (C=O) groups is 1. The predicted octanol–water partition coefficient (Wildman–Crippen LogP) is 4.86. The summed E-state index contributed by atoms with van der Waals surface area (Å²) in [5.74, 6) is 0.537. The Labute approximate surface area is 150 Å². The summed E-state index contributed by atoms with van der Waals surface area (Å²) in [4.78, 5) is 16.6. The van der Waals surface area contributed by atoms with Crippen LogP contribution < -0.4 is 10.1 Å². The lowest BCUT2D eigenvalue weighted by Crippen LogP contribution is -2.07. The van der Waals surface area contributed by atoms with E-state index in [-0.39, 0.29) is 5.91 Å². The van der Waals surface area contributed by atoms with Crippen LogP contribution in [0.25, 0.3) is 17.3 Å². The Hall–Kier alpha value is -2.92. The zero-order valence-corrected chi connectivity index (χ0v) is 14.6. The fourth-order valence-corrected chi connectivity index (χ4v) is 3.01.